The Morgan fingerprint density at radius 1 is 1.41 bits per heavy atom. The van der Waals surface area contributed by atoms with Gasteiger partial charge in [-0.3, -0.25) is 0 Å². The van der Waals surface area contributed by atoms with E-state index >= 15 is 0 Å². The Hall–Kier alpha value is -2.58. The molecule has 0 saturated carbocycles. The van der Waals surface area contributed by atoms with Crippen LogP contribution >= 0.6 is 11.6 Å². The molecule has 0 aliphatic rings. The van der Waals surface area contributed by atoms with E-state index in [-0.39, 0.29) is 17.7 Å². The molecule has 0 aliphatic carbocycles. The van der Waals surface area contributed by atoms with Crippen molar-refractivity contribution in [1.29, 1.82) is 5.26 Å². The lowest BCUT2D eigenvalue weighted by Crippen LogP contribution is -2.07. The van der Waals surface area contributed by atoms with Gasteiger partial charge in [-0.05, 0) is 30.3 Å². The van der Waals surface area contributed by atoms with E-state index in [2.05, 4.69) is 10.1 Å². The van der Waals surface area contributed by atoms with Crippen molar-refractivity contribution >= 4 is 23.3 Å². The highest BCUT2D eigenvalue weighted by Crippen LogP contribution is 2.26. The van der Waals surface area contributed by atoms with Crippen molar-refractivity contribution in [3.63, 3.8) is 0 Å². The minimum absolute atomic E-state index is 0.0785. The van der Waals surface area contributed by atoms with Gasteiger partial charge in [0.25, 0.3) is 0 Å². The monoisotopic (exact) mass is 318 g/mol. The molecule has 4 nitrogen and oxygen atoms in total. The molecule has 0 unspecified atom stereocenters. The summed E-state index contributed by atoms with van der Waals surface area (Å²) in [5.74, 6) is -1.01. The third-order valence-electron chi connectivity index (χ3n) is 3.06. The average Bonchev–Trinajstić information content (AvgIpc) is 2.54. The van der Waals surface area contributed by atoms with E-state index in [1.54, 1.807) is 18.2 Å². The predicted octanol–water partition coefficient (Wildman–Crippen LogP) is 3.75. The Bertz CT molecular complexity index is 756. The van der Waals surface area contributed by atoms with Gasteiger partial charge in [0, 0.05) is 12.1 Å². The van der Waals surface area contributed by atoms with Crippen molar-refractivity contribution in [2.75, 3.05) is 12.4 Å². The molecular weight excluding hydrogens is 307 g/mol. The van der Waals surface area contributed by atoms with Crippen molar-refractivity contribution in [3.05, 3.63) is 63.9 Å². The normalized spacial score (nSPS) is 9.91. The van der Waals surface area contributed by atoms with Gasteiger partial charge in [0.2, 0.25) is 0 Å². The fourth-order valence-electron chi connectivity index (χ4n) is 1.94. The number of carbonyl (C=O) groups excluding carboxylic acids is 1. The van der Waals surface area contributed by atoms with Gasteiger partial charge in [-0.1, -0.05) is 17.7 Å². The molecular formula is C16H12ClFN2O2. The number of anilines is 1. The molecule has 0 heterocycles. The number of halogens is 2. The van der Waals surface area contributed by atoms with Crippen LogP contribution in [0.3, 0.4) is 0 Å². The van der Waals surface area contributed by atoms with E-state index in [0.717, 1.165) is 0 Å². The maximum atomic E-state index is 13.8. The van der Waals surface area contributed by atoms with E-state index in [9.17, 15) is 9.18 Å². The molecule has 0 amide bonds. The molecule has 6 heteroatoms. The summed E-state index contributed by atoms with van der Waals surface area (Å²) in [7, 11) is 1.26. The third-order valence-corrected chi connectivity index (χ3v) is 3.37. The van der Waals surface area contributed by atoms with Crippen LogP contribution in [-0.2, 0) is 11.3 Å². The van der Waals surface area contributed by atoms with Gasteiger partial charge in [-0.25, -0.2) is 9.18 Å². The maximum Gasteiger partial charge on any atom is 0.337 e. The quantitative estimate of drug-likeness (QED) is 0.872. The SMILES string of the molecule is COC(=O)c1ccc(F)c(CNc2c(Cl)cccc2C#N)c1. The van der Waals surface area contributed by atoms with Gasteiger partial charge in [0.05, 0.1) is 28.9 Å². The standard InChI is InChI=1S/C16H12ClFN2O2/c1-22-16(21)10-5-6-14(18)12(7-10)9-20-15-11(8-19)3-2-4-13(15)17/h2-7,20H,9H2,1H3. The van der Waals surface area contributed by atoms with Crippen LogP contribution in [-0.4, -0.2) is 13.1 Å². The third kappa shape index (κ3) is 3.35. The van der Waals surface area contributed by atoms with Crippen LogP contribution in [0.4, 0.5) is 10.1 Å². The molecule has 22 heavy (non-hydrogen) atoms. The van der Waals surface area contributed by atoms with Gasteiger partial charge in [-0.2, -0.15) is 5.26 Å². The summed E-state index contributed by atoms with van der Waals surface area (Å²) < 4.78 is 18.4. The second-order valence-corrected chi connectivity index (χ2v) is 4.83. The first-order chi connectivity index (χ1) is 10.6. The summed E-state index contributed by atoms with van der Waals surface area (Å²) >= 11 is 6.04. The zero-order valence-electron chi connectivity index (χ0n) is 11.7. The Kier molecular flexibility index (Phi) is 4.97. The highest BCUT2D eigenvalue weighted by Gasteiger charge is 2.11. The molecule has 0 radical (unpaired) electrons. The number of nitriles is 1. The number of benzene rings is 2. The number of methoxy groups -OCH3 is 1. The van der Waals surface area contributed by atoms with Crippen molar-refractivity contribution in [2.24, 2.45) is 0 Å². The van der Waals surface area contributed by atoms with Crippen molar-refractivity contribution < 1.29 is 13.9 Å². The van der Waals surface area contributed by atoms with E-state index in [1.165, 1.54) is 25.3 Å². The molecule has 0 saturated heterocycles. The summed E-state index contributed by atoms with van der Waals surface area (Å²) in [6.45, 7) is 0.0785. The first kappa shape index (κ1) is 15.8. The number of hydrogen-bond donors (Lipinski definition) is 1. The van der Waals surface area contributed by atoms with Gasteiger partial charge in [-0.15, -0.1) is 0 Å². The van der Waals surface area contributed by atoms with Crippen LogP contribution < -0.4 is 5.32 Å². The summed E-state index contributed by atoms with van der Waals surface area (Å²) in [6.07, 6.45) is 0. The second-order valence-electron chi connectivity index (χ2n) is 4.43. The predicted molar refractivity (Wildman–Crippen MR) is 81.2 cm³/mol. The van der Waals surface area contributed by atoms with Crippen LogP contribution in [0, 0.1) is 17.1 Å². The molecule has 0 spiro atoms. The number of carbonyl (C=O) groups is 1. The molecule has 2 rings (SSSR count). The molecule has 0 aliphatic heterocycles. The van der Waals surface area contributed by atoms with Crippen molar-refractivity contribution in [2.45, 2.75) is 6.54 Å². The number of ether oxygens (including phenoxy) is 1. The molecule has 0 atom stereocenters. The molecule has 0 bridgehead atoms. The zero-order valence-corrected chi connectivity index (χ0v) is 12.4. The van der Waals surface area contributed by atoms with Crippen molar-refractivity contribution in [1.82, 2.24) is 0 Å². The van der Waals surface area contributed by atoms with Crippen LogP contribution in [0.2, 0.25) is 5.02 Å². The lowest BCUT2D eigenvalue weighted by atomic mass is 10.1. The zero-order chi connectivity index (χ0) is 16.1. The first-order valence-electron chi connectivity index (χ1n) is 6.36. The fraction of sp³-hybridized carbons (Fsp3) is 0.125. The van der Waals surface area contributed by atoms with E-state index in [1.807, 2.05) is 6.07 Å². The molecule has 1 N–H and O–H groups in total. The summed E-state index contributed by atoms with van der Waals surface area (Å²) in [4.78, 5) is 11.5. The molecule has 2 aromatic carbocycles. The lowest BCUT2D eigenvalue weighted by Gasteiger charge is -2.11. The number of nitrogens with zero attached hydrogens (tertiary/aromatic N) is 1. The highest BCUT2D eigenvalue weighted by molar-refractivity contribution is 6.33. The lowest BCUT2D eigenvalue weighted by molar-refractivity contribution is 0.0600. The van der Waals surface area contributed by atoms with Gasteiger partial charge < -0.3 is 10.1 Å². The topological polar surface area (TPSA) is 62.1 Å². The van der Waals surface area contributed by atoms with E-state index in [4.69, 9.17) is 16.9 Å². The van der Waals surface area contributed by atoms with Crippen LogP contribution in [0.5, 0.6) is 0 Å². The number of nitrogens with one attached hydrogen (secondary N) is 1. The Labute approximate surface area is 132 Å². The average molecular weight is 319 g/mol. The second kappa shape index (κ2) is 6.92. The van der Waals surface area contributed by atoms with Gasteiger partial charge >= 0.3 is 5.97 Å². The molecule has 0 aromatic heterocycles. The fourth-order valence-corrected chi connectivity index (χ4v) is 2.18. The Balaban J connectivity index is 2.26. The Morgan fingerprint density at radius 3 is 2.86 bits per heavy atom. The number of hydrogen-bond acceptors (Lipinski definition) is 4. The van der Waals surface area contributed by atoms with E-state index < -0.39 is 11.8 Å². The molecule has 112 valence electrons. The maximum absolute atomic E-state index is 13.8. The number of para-hydroxylation sites is 1. The number of rotatable bonds is 4. The minimum Gasteiger partial charge on any atom is -0.465 e. The van der Waals surface area contributed by atoms with Gasteiger partial charge in [0.15, 0.2) is 0 Å². The van der Waals surface area contributed by atoms with Crippen LogP contribution in [0.15, 0.2) is 36.4 Å². The molecule has 2 aromatic rings. The summed E-state index contributed by atoms with van der Waals surface area (Å²) in [6, 6.07) is 10.8. The Morgan fingerprint density at radius 2 is 2.18 bits per heavy atom. The first-order valence-corrected chi connectivity index (χ1v) is 6.74. The largest absolute Gasteiger partial charge is 0.465 e. The smallest absolute Gasteiger partial charge is 0.337 e. The van der Waals surface area contributed by atoms with E-state index in [0.29, 0.717) is 16.3 Å². The van der Waals surface area contributed by atoms with Crippen LogP contribution in [0.25, 0.3) is 0 Å². The number of esters is 1. The summed E-state index contributed by atoms with van der Waals surface area (Å²) in [5, 5.41) is 12.4. The van der Waals surface area contributed by atoms with Crippen molar-refractivity contribution in [3.8, 4) is 6.07 Å². The summed E-state index contributed by atoms with van der Waals surface area (Å²) in [5.41, 5.74) is 1.30. The highest BCUT2D eigenvalue weighted by atomic mass is 35.5. The molecule has 0 fully saturated rings. The minimum atomic E-state index is -0.545. The van der Waals surface area contributed by atoms with Crippen LogP contribution in [0.1, 0.15) is 21.5 Å². The van der Waals surface area contributed by atoms with Gasteiger partial charge in [0.1, 0.15) is 11.9 Å².